The first-order valence-corrected chi connectivity index (χ1v) is 8.63. The molecule has 124 valence electrons. The molecule has 1 aliphatic heterocycles. The van der Waals surface area contributed by atoms with E-state index in [2.05, 4.69) is 5.32 Å². The molecule has 1 aromatic carbocycles. The van der Waals surface area contributed by atoms with Crippen molar-refractivity contribution in [3.63, 3.8) is 0 Å². The van der Waals surface area contributed by atoms with Crippen molar-refractivity contribution in [2.45, 2.75) is 38.0 Å². The summed E-state index contributed by atoms with van der Waals surface area (Å²) >= 11 is 1.29. The van der Waals surface area contributed by atoms with Gasteiger partial charge in [0, 0.05) is 23.4 Å². The Balaban J connectivity index is 2.06. The monoisotopic (exact) mass is 333 g/mol. The van der Waals surface area contributed by atoms with Crippen molar-refractivity contribution in [2.75, 3.05) is 13.1 Å². The molecule has 5 heteroatoms. The Bertz CT molecular complexity index is 590. The Hall–Kier alpha value is -1.59. The van der Waals surface area contributed by atoms with Gasteiger partial charge in [0.05, 0.1) is 0 Å². The van der Waals surface area contributed by atoms with Crippen LogP contribution in [0.2, 0.25) is 0 Å². The van der Waals surface area contributed by atoms with Gasteiger partial charge in [-0.05, 0) is 39.3 Å². The van der Waals surface area contributed by atoms with Gasteiger partial charge in [0.1, 0.15) is 5.60 Å². The van der Waals surface area contributed by atoms with E-state index in [1.165, 1.54) is 17.8 Å². The molecule has 0 aliphatic carbocycles. The average molecular weight is 333 g/mol. The zero-order valence-corrected chi connectivity index (χ0v) is 14.6. The molecular formula is C18H23NO3S. The lowest BCUT2D eigenvalue weighted by Gasteiger charge is -2.26. The molecule has 1 fully saturated rings. The van der Waals surface area contributed by atoms with Gasteiger partial charge >= 0.3 is 5.97 Å². The van der Waals surface area contributed by atoms with Crippen molar-refractivity contribution in [3.05, 3.63) is 47.5 Å². The molecule has 0 spiro atoms. The van der Waals surface area contributed by atoms with Crippen LogP contribution in [0.3, 0.4) is 0 Å². The van der Waals surface area contributed by atoms with Crippen LogP contribution in [-0.2, 0) is 9.53 Å². The summed E-state index contributed by atoms with van der Waals surface area (Å²) in [6.07, 6.45) is 2.35. The highest BCUT2D eigenvalue weighted by molar-refractivity contribution is 8.14. The zero-order valence-electron chi connectivity index (χ0n) is 13.8. The lowest BCUT2D eigenvalue weighted by atomic mass is 10.1. The molecule has 1 aromatic rings. The third kappa shape index (κ3) is 5.84. The number of ether oxygens (including phenoxy) is 1. The molecule has 1 unspecified atom stereocenters. The van der Waals surface area contributed by atoms with Gasteiger partial charge in [-0.1, -0.05) is 42.1 Å². The third-order valence-corrected chi connectivity index (χ3v) is 4.57. The summed E-state index contributed by atoms with van der Waals surface area (Å²) in [6.45, 7) is 6.97. The van der Waals surface area contributed by atoms with Crippen LogP contribution in [0.15, 0.2) is 42.0 Å². The number of nitrogens with one attached hydrogen (secondary N) is 1. The Morgan fingerprint density at radius 2 is 1.96 bits per heavy atom. The van der Waals surface area contributed by atoms with E-state index in [4.69, 9.17) is 4.74 Å². The van der Waals surface area contributed by atoms with Crippen molar-refractivity contribution >= 4 is 22.8 Å². The molecule has 0 aromatic heterocycles. The van der Waals surface area contributed by atoms with Crippen LogP contribution in [0.1, 0.15) is 37.6 Å². The van der Waals surface area contributed by atoms with Crippen molar-refractivity contribution in [1.82, 2.24) is 5.32 Å². The van der Waals surface area contributed by atoms with Crippen molar-refractivity contribution in [3.8, 4) is 0 Å². The molecule has 1 N–H and O–H groups in total. The first kappa shape index (κ1) is 17.8. The summed E-state index contributed by atoms with van der Waals surface area (Å²) in [6, 6.07) is 9.22. The van der Waals surface area contributed by atoms with Crippen LogP contribution < -0.4 is 5.32 Å². The molecule has 0 saturated carbocycles. The Labute approximate surface area is 141 Å². The Morgan fingerprint density at radius 3 is 2.61 bits per heavy atom. The van der Waals surface area contributed by atoms with E-state index in [0.717, 1.165) is 18.5 Å². The van der Waals surface area contributed by atoms with Crippen LogP contribution in [0.5, 0.6) is 0 Å². The van der Waals surface area contributed by atoms with E-state index in [-0.39, 0.29) is 16.3 Å². The third-order valence-electron chi connectivity index (χ3n) is 3.29. The van der Waals surface area contributed by atoms with E-state index in [9.17, 15) is 9.59 Å². The van der Waals surface area contributed by atoms with Gasteiger partial charge in [-0.3, -0.25) is 4.79 Å². The quantitative estimate of drug-likeness (QED) is 0.680. The fourth-order valence-electron chi connectivity index (χ4n) is 2.30. The topological polar surface area (TPSA) is 55.4 Å². The van der Waals surface area contributed by atoms with Crippen LogP contribution in [0.4, 0.5) is 0 Å². The molecule has 0 amide bonds. The second-order valence-corrected chi connectivity index (χ2v) is 7.65. The van der Waals surface area contributed by atoms with E-state index >= 15 is 0 Å². The number of benzene rings is 1. The standard InChI is InChI=1S/C18H23NO3S/c1-18(2,3)22-16(20)11-14-12-19-10-9-15(14)23-17(21)13-7-5-4-6-8-13/h4-8,11,15,19H,9-10,12H2,1-3H3/b14-11-. The summed E-state index contributed by atoms with van der Waals surface area (Å²) in [4.78, 5) is 24.4. The van der Waals surface area contributed by atoms with Gasteiger partial charge < -0.3 is 10.1 Å². The molecular weight excluding hydrogens is 310 g/mol. The lowest BCUT2D eigenvalue weighted by Crippen LogP contribution is -2.33. The molecule has 23 heavy (non-hydrogen) atoms. The number of carbonyl (C=O) groups is 2. The fourth-order valence-corrected chi connectivity index (χ4v) is 3.37. The minimum atomic E-state index is -0.515. The highest BCUT2D eigenvalue weighted by Gasteiger charge is 2.25. The number of hydrogen-bond acceptors (Lipinski definition) is 5. The van der Waals surface area contributed by atoms with Crippen molar-refractivity contribution in [1.29, 1.82) is 0 Å². The molecule has 1 heterocycles. The highest BCUT2D eigenvalue weighted by Crippen LogP contribution is 2.28. The van der Waals surface area contributed by atoms with Crippen LogP contribution in [-0.4, -0.2) is 35.0 Å². The lowest BCUT2D eigenvalue weighted by molar-refractivity contribution is -0.148. The summed E-state index contributed by atoms with van der Waals surface area (Å²) < 4.78 is 5.34. The van der Waals surface area contributed by atoms with Gasteiger partial charge in [0.25, 0.3) is 0 Å². The molecule has 4 nitrogen and oxygen atoms in total. The number of rotatable bonds is 3. The number of piperidine rings is 1. The summed E-state index contributed by atoms with van der Waals surface area (Å²) in [7, 11) is 0. The van der Waals surface area contributed by atoms with Gasteiger partial charge in [-0.2, -0.15) is 0 Å². The smallest absolute Gasteiger partial charge is 0.331 e. The second kappa shape index (κ2) is 7.79. The molecule has 2 rings (SSSR count). The number of carbonyl (C=O) groups excluding carboxylic acids is 2. The first-order chi connectivity index (χ1) is 10.8. The Morgan fingerprint density at radius 1 is 1.26 bits per heavy atom. The molecule has 1 atom stereocenters. The first-order valence-electron chi connectivity index (χ1n) is 7.75. The van der Waals surface area contributed by atoms with E-state index in [1.54, 1.807) is 0 Å². The SMILES string of the molecule is CC(C)(C)OC(=O)/C=C1/CNCCC1SC(=O)c1ccccc1. The van der Waals surface area contributed by atoms with Crippen molar-refractivity contribution in [2.24, 2.45) is 0 Å². The maximum absolute atomic E-state index is 12.4. The predicted molar refractivity (Wildman–Crippen MR) is 93.6 cm³/mol. The van der Waals surface area contributed by atoms with E-state index in [0.29, 0.717) is 12.1 Å². The minimum Gasteiger partial charge on any atom is -0.457 e. The Kier molecular flexibility index (Phi) is 6.02. The van der Waals surface area contributed by atoms with Gasteiger partial charge in [-0.25, -0.2) is 4.79 Å². The maximum atomic E-state index is 12.4. The summed E-state index contributed by atoms with van der Waals surface area (Å²) in [5.41, 5.74) is 1.09. The van der Waals surface area contributed by atoms with Gasteiger partial charge in [0.2, 0.25) is 5.12 Å². The highest BCUT2D eigenvalue weighted by atomic mass is 32.2. The maximum Gasteiger partial charge on any atom is 0.331 e. The van der Waals surface area contributed by atoms with E-state index in [1.807, 2.05) is 51.1 Å². The molecule has 0 radical (unpaired) electrons. The number of hydrogen-bond donors (Lipinski definition) is 1. The molecule has 1 saturated heterocycles. The normalized spacial score (nSPS) is 20.3. The predicted octanol–water partition coefficient (Wildman–Crippen LogP) is 3.19. The number of thioether (sulfide) groups is 1. The van der Waals surface area contributed by atoms with Crippen LogP contribution in [0.25, 0.3) is 0 Å². The summed E-state index contributed by atoms with van der Waals surface area (Å²) in [5, 5.41) is 3.29. The van der Waals surface area contributed by atoms with Crippen LogP contribution >= 0.6 is 11.8 Å². The summed E-state index contributed by atoms with van der Waals surface area (Å²) in [5.74, 6) is -0.353. The van der Waals surface area contributed by atoms with Gasteiger partial charge in [0.15, 0.2) is 0 Å². The average Bonchev–Trinajstić information content (AvgIpc) is 2.48. The van der Waals surface area contributed by atoms with Crippen LogP contribution in [0, 0.1) is 0 Å². The van der Waals surface area contributed by atoms with E-state index < -0.39 is 5.60 Å². The molecule has 1 aliphatic rings. The zero-order chi connectivity index (χ0) is 16.9. The van der Waals surface area contributed by atoms with Crippen molar-refractivity contribution < 1.29 is 14.3 Å². The van der Waals surface area contributed by atoms with Gasteiger partial charge in [-0.15, -0.1) is 0 Å². The fraction of sp³-hybridized carbons (Fsp3) is 0.444. The second-order valence-electron chi connectivity index (χ2n) is 6.48. The number of esters is 1. The molecule has 0 bridgehead atoms. The minimum absolute atomic E-state index is 0.0106. The largest absolute Gasteiger partial charge is 0.457 e.